The normalized spacial score (nSPS) is 10.0. The van der Waals surface area contributed by atoms with E-state index in [9.17, 15) is 9.59 Å². The van der Waals surface area contributed by atoms with Gasteiger partial charge in [-0.05, 0) is 85.4 Å². The molecule has 0 aliphatic heterocycles. The molecule has 0 saturated heterocycles. The van der Waals surface area contributed by atoms with Gasteiger partial charge in [0.15, 0.2) is 0 Å². The molecule has 0 spiro atoms. The molecule has 0 aliphatic carbocycles. The molecular weight excluding hydrogens is 594 g/mol. The van der Waals surface area contributed by atoms with Crippen molar-refractivity contribution < 1.29 is 9.59 Å². The quantitative estimate of drug-likeness (QED) is 0.325. The molecule has 0 saturated carbocycles. The highest BCUT2D eigenvalue weighted by molar-refractivity contribution is 14.1. The summed E-state index contributed by atoms with van der Waals surface area (Å²) in [6, 6.07) is 1.77. The standard InChI is InChI=1S/C11H7ClI3NO2/c1-2-3-16-11(18)8-6(14)4-5(13)7(9(8)15)10(12)17/h2,4H,1,3H2,(H,16,18). The van der Waals surface area contributed by atoms with E-state index in [4.69, 9.17) is 11.6 Å². The molecule has 1 N–H and O–H groups in total. The molecule has 0 bridgehead atoms. The van der Waals surface area contributed by atoms with Crippen LogP contribution in [-0.4, -0.2) is 17.7 Å². The maximum atomic E-state index is 12.0. The van der Waals surface area contributed by atoms with Crippen LogP contribution in [0, 0.1) is 10.7 Å². The van der Waals surface area contributed by atoms with Crippen molar-refractivity contribution in [1.82, 2.24) is 5.32 Å². The number of hydrogen-bond donors (Lipinski definition) is 1. The van der Waals surface area contributed by atoms with E-state index in [0.717, 1.165) is 7.14 Å². The Morgan fingerprint density at radius 3 is 2.33 bits per heavy atom. The van der Waals surface area contributed by atoms with Gasteiger partial charge in [0, 0.05) is 17.3 Å². The zero-order valence-electron chi connectivity index (χ0n) is 8.90. The molecule has 18 heavy (non-hydrogen) atoms. The molecule has 3 nitrogen and oxygen atoms in total. The minimum atomic E-state index is -0.557. The number of halogens is 4. The van der Waals surface area contributed by atoms with Crippen molar-refractivity contribution in [2.24, 2.45) is 0 Å². The maximum Gasteiger partial charge on any atom is 0.254 e. The van der Waals surface area contributed by atoms with E-state index in [1.807, 2.05) is 45.2 Å². The van der Waals surface area contributed by atoms with Gasteiger partial charge in [-0.2, -0.15) is 0 Å². The predicted octanol–water partition coefficient (Wildman–Crippen LogP) is 3.80. The Bertz CT molecular complexity index is 532. The van der Waals surface area contributed by atoms with Crippen LogP contribution in [-0.2, 0) is 0 Å². The fourth-order valence-electron chi connectivity index (χ4n) is 1.23. The number of carbonyl (C=O) groups is 2. The summed E-state index contributed by atoms with van der Waals surface area (Å²) in [5.41, 5.74) is 0.851. The van der Waals surface area contributed by atoms with Crippen LogP contribution in [0.5, 0.6) is 0 Å². The topological polar surface area (TPSA) is 46.2 Å². The number of amides is 1. The lowest BCUT2D eigenvalue weighted by Gasteiger charge is -2.11. The average Bonchev–Trinajstić information content (AvgIpc) is 2.24. The van der Waals surface area contributed by atoms with E-state index < -0.39 is 5.24 Å². The van der Waals surface area contributed by atoms with E-state index in [1.54, 1.807) is 12.1 Å². The van der Waals surface area contributed by atoms with Crippen LogP contribution in [0.3, 0.4) is 0 Å². The first-order chi connectivity index (χ1) is 8.40. The first-order valence-electron chi connectivity index (χ1n) is 4.66. The number of carbonyl (C=O) groups excluding carboxylic acids is 2. The average molecular weight is 601 g/mol. The second-order valence-corrected chi connectivity index (χ2v) is 6.92. The van der Waals surface area contributed by atoms with Crippen LogP contribution in [0.15, 0.2) is 18.7 Å². The zero-order valence-corrected chi connectivity index (χ0v) is 16.1. The van der Waals surface area contributed by atoms with Gasteiger partial charge in [-0.3, -0.25) is 9.59 Å². The van der Waals surface area contributed by atoms with Crippen molar-refractivity contribution in [3.8, 4) is 0 Å². The molecule has 0 aromatic heterocycles. The predicted molar refractivity (Wildman–Crippen MR) is 97.3 cm³/mol. The summed E-state index contributed by atoms with van der Waals surface area (Å²) < 4.78 is 2.09. The zero-order chi connectivity index (χ0) is 13.9. The molecule has 0 unspecified atom stereocenters. The van der Waals surface area contributed by atoms with Crippen molar-refractivity contribution in [1.29, 1.82) is 0 Å². The molecule has 0 fully saturated rings. The first-order valence-corrected chi connectivity index (χ1v) is 8.28. The molecule has 7 heteroatoms. The monoisotopic (exact) mass is 601 g/mol. The van der Waals surface area contributed by atoms with E-state index in [1.165, 1.54) is 0 Å². The summed E-state index contributed by atoms with van der Waals surface area (Å²) in [7, 11) is 0. The molecule has 0 aliphatic rings. The number of nitrogens with one attached hydrogen (secondary N) is 1. The lowest BCUT2D eigenvalue weighted by atomic mass is 10.1. The smallest absolute Gasteiger partial charge is 0.254 e. The van der Waals surface area contributed by atoms with Gasteiger partial charge in [0.2, 0.25) is 0 Å². The highest BCUT2D eigenvalue weighted by atomic mass is 127. The SMILES string of the molecule is C=CCNC(=O)c1c(I)cc(I)c(C(=O)Cl)c1I. The van der Waals surface area contributed by atoms with Gasteiger partial charge in [-0.15, -0.1) is 6.58 Å². The third-order valence-corrected chi connectivity index (χ3v) is 4.97. The molecule has 0 heterocycles. The van der Waals surface area contributed by atoms with Crippen LogP contribution in [0.4, 0.5) is 0 Å². The van der Waals surface area contributed by atoms with E-state index in [-0.39, 0.29) is 5.91 Å². The summed E-state index contributed by atoms with van der Waals surface area (Å²) in [4.78, 5) is 23.4. The van der Waals surface area contributed by atoms with Crippen LogP contribution in [0.25, 0.3) is 0 Å². The summed E-state index contributed by atoms with van der Waals surface area (Å²) in [6.07, 6.45) is 1.60. The number of rotatable bonds is 4. The molecule has 1 aromatic carbocycles. The molecule has 0 atom stereocenters. The minimum absolute atomic E-state index is 0.237. The third-order valence-electron chi connectivity index (χ3n) is 2.00. The van der Waals surface area contributed by atoms with Crippen molar-refractivity contribution in [3.63, 3.8) is 0 Å². The molecule has 1 aromatic rings. The molecule has 0 radical (unpaired) electrons. The molecule has 96 valence electrons. The molecule has 1 rings (SSSR count). The summed E-state index contributed by atoms with van der Waals surface area (Å²) in [5.74, 6) is -0.237. The molecule has 1 amide bonds. The Morgan fingerprint density at radius 1 is 1.28 bits per heavy atom. The van der Waals surface area contributed by atoms with Crippen molar-refractivity contribution in [2.75, 3.05) is 6.54 Å². The lowest BCUT2D eigenvalue weighted by molar-refractivity contribution is 0.0956. The van der Waals surface area contributed by atoms with E-state index in [2.05, 4.69) is 34.5 Å². The van der Waals surface area contributed by atoms with E-state index in [0.29, 0.717) is 21.2 Å². The fourth-order valence-corrected chi connectivity index (χ4v) is 6.10. The summed E-state index contributed by atoms with van der Waals surface area (Å²) in [5, 5.41) is 2.14. The van der Waals surface area contributed by atoms with Crippen LogP contribution in [0.2, 0.25) is 0 Å². The van der Waals surface area contributed by atoms with Gasteiger partial charge in [0.1, 0.15) is 0 Å². The third kappa shape index (κ3) is 3.79. The van der Waals surface area contributed by atoms with Gasteiger partial charge < -0.3 is 5.32 Å². The van der Waals surface area contributed by atoms with Crippen molar-refractivity contribution in [3.05, 3.63) is 40.6 Å². The second kappa shape index (κ2) is 7.39. The van der Waals surface area contributed by atoms with Crippen LogP contribution < -0.4 is 5.32 Å². The Morgan fingerprint density at radius 2 is 1.83 bits per heavy atom. The Hall–Kier alpha value is 0.580. The van der Waals surface area contributed by atoms with E-state index >= 15 is 0 Å². The Labute approximate surface area is 151 Å². The largest absolute Gasteiger partial charge is 0.349 e. The fraction of sp³-hybridized carbons (Fsp3) is 0.0909. The van der Waals surface area contributed by atoms with Crippen molar-refractivity contribution in [2.45, 2.75) is 0 Å². The second-order valence-electron chi connectivity index (χ2n) is 3.18. The number of hydrogen-bond acceptors (Lipinski definition) is 2. The van der Waals surface area contributed by atoms with Crippen LogP contribution in [0.1, 0.15) is 20.7 Å². The van der Waals surface area contributed by atoms with Gasteiger partial charge >= 0.3 is 0 Å². The highest BCUT2D eigenvalue weighted by Crippen LogP contribution is 2.28. The minimum Gasteiger partial charge on any atom is -0.349 e. The first kappa shape index (κ1) is 16.6. The van der Waals surface area contributed by atoms with Crippen LogP contribution >= 0.6 is 79.4 Å². The number of benzene rings is 1. The van der Waals surface area contributed by atoms with Gasteiger partial charge in [-0.1, -0.05) is 6.08 Å². The van der Waals surface area contributed by atoms with Gasteiger partial charge in [0.05, 0.1) is 11.1 Å². The Balaban J connectivity index is 3.36. The summed E-state index contributed by atoms with van der Waals surface area (Å²) in [6.45, 7) is 3.91. The summed E-state index contributed by atoms with van der Waals surface area (Å²) >= 11 is 11.6. The van der Waals surface area contributed by atoms with Gasteiger partial charge in [-0.25, -0.2) is 0 Å². The Kier molecular flexibility index (Phi) is 6.83. The van der Waals surface area contributed by atoms with Gasteiger partial charge in [0.25, 0.3) is 11.1 Å². The maximum absolute atomic E-state index is 12.0. The molecular formula is C11H7ClI3NO2. The van der Waals surface area contributed by atoms with Crippen molar-refractivity contribution >= 4 is 90.5 Å². The lowest BCUT2D eigenvalue weighted by Crippen LogP contribution is -2.26. The highest BCUT2D eigenvalue weighted by Gasteiger charge is 2.22.